The number of nitrogens with one attached hydrogen (secondary N) is 1. The van der Waals surface area contributed by atoms with Crippen LogP contribution < -0.4 is 5.32 Å². The average molecular weight is 182 g/mol. The van der Waals surface area contributed by atoms with Crippen molar-refractivity contribution in [3.63, 3.8) is 0 Å². The Morgan fingerprint density at radius 1 is 1.77 bits per heavy atom. The van der Waals surface area contributed by atoms with Gasteiger partial charge in [0.25, 0.3) is 0 Å². The SMILES string of the molecule is Cc1onc2c1CCNC2C(=O)O. The Labute approximate surface area is 74.7 Å². The number of aromatic nitrogens is 1. The van der Waals surface area contributed by atoms with E-state index in [4.69, 9.17) is 9.63 Å². The molecule has 5 nitrogen and oxygen atoms in total. The molecule has 2 N–H and O–H groups in total. The minimum absolute atomic E-state index is 0.524. The maximum absolute atomic E-state index is 10.8. The fourth-order valence-corrected chi connectivity index (χ4v) is 1.58. The van der Waals surface area contributed by atoms with E-state index >= 15 is 0 Å². The van der Waals surface area contributed by atoms with Gasteiger partial charge in [-0.15, -0.1) is 0 Å². The van der Waals surface area contributed by atoms with Gasteiger partial charge in [-0.2, -0.15) is 0 Å². The molecule has 0 radical (unpaired) electrons. The fourth-order valence-electron chi connectivity index (χ4n) is 1.58. The van der Waals surface area contributed by atoms with Crippen LogP contribution in [0.15, 0.2) is 4.52 Å². The largest absolute Gasteiger partial charge is 0.480 e. The number of aryl methyl sites for hydroxylation is 1. The molecule has 0 saturated heterocycles. The number of nitrogens with zero attached hydrogens (tertiary/aromatic N) is 1. The molecule has 0 spiro atoms. The summed E-state index contributed by atoms with van der Waals surface area (Å²) in [5.41, 5.74) is 1.46. The molecule has 1 atom stereocenters. The molecule has 0 fully saturated rings. The van der Waals surface area contributed by atoms with Crippen molar-refractivity contribution >= 4 is 5.97 Å². The molecule has 1 aliphatic heterocycles. The molecule has 1 unspecified atom stereocenters. The van der Waals surface area contributed by atoms with Crippen molar-refractivity contribution in [2.75, 3.05) is 6.54 Å². The molecule has 2 heterocycles. The van der Waals surface area contributed by atoms with E-state index in [9.17, 15) is 4.79 Å². The Morgan fingerprint density at radius 2 is 2.54 bits per heavy atom. The minimum atomic E-state index is -0.908. The number of aliphatic carboxylic acids is 1. The zero-order valence-corrected chi connectivity index (χ0v) is 7.20. The van der Waals surface area contributed by atoms with Gasteiger partial charge in [0.2, 0.25) is 0 Å². The normalized spacial score (nSPS) is 21.2. The van der Waals surface area contributed by atoms with Crippen molar-refractivity contribution < 1.29 is 14.4 Å². The molecule has 2 rings (SSSR count). The van der Waals surface area contributed by atoms with Gasteiger partial charge in [0.15, 0.2) is 6.04 Å². The molecule has 0 amide bonds. The summed E-state index contributed by atoms with van der Waals surface area (Å²) in [4.78, 5) is 10.8. The van der Waals surface area contributed by atoms with Gasteiger partial charge in [-0.3, -0.25) is 10.1 Å². The average Bonchev–Trinajstić information content (AvgIpc) is 2.48. The smallest absolute Gasteiger partial charge is 0.327 e. The standard InChI is InChI=1S/C8H10N2O3/c1-4-5-2-3-9-7(8(11)12)6(5)10-13-4/h7,9H,2-3H2,1H3,(H,11,12). The molecule has 1 aliphatic rings. The molecular weight excluding hydrogens is 172 g/mol. The van der Waals surface area contributed by atoms with Gasteiger partial charge in [-0.25, -0.2) is 0 Å². The predicted octanol–water partition coefficient (Wildman–Crippen LogP) is 0.254. The first-order valence-corrected chi connectivity index (χ1v) is 4.11. The summed E-state index contributed by atoms with van der Waals surface area (Å²) in [7, 11) is 0. The number of carbonyl (C=O) groups is 1. The molecular formula is C8H10N2O3. The third-order valence-electron chi connectivity index (χ3n) is 2.26. The van der Waals surface area contributed by atoms with E-state index in [1.54, 1.807) is 6.92 Å². The van der Waals surface area contributed by atoms with E-state index in [2.05, 4.69) is 10.5 Å². The highest BCUT2D eigenvalue weighted by Crippen LogP contribution is 2.24. The number of rotatable bonds is 1. The molecule has 13 heavy (non-hydrogen) atoms. The summed E-state index contributed by atoms with van der Waals surface area (Å²) >= 11 is 0. The summed E-state index contributed by atoms with van der Waals surface area (Å²) in [6, 6.07) is -0.707. The summed E-state index contributed by atoms with van der Waals surface area (Å²) in [5, 5.41) is 15.5. The van der Waals surface area contributed by atoms with E-state index in [1.165, 1.54) is 0 Å². The number of hydrogen-bond donors (Lipinski definition) is 2. The van der Waals surface area contributed by atoms with E-state index in [-0.39, 0.29) is 0 Å². The molecule has 0 bridgehead atoms. The Kier molecular flexibility index (Phi) is 1.81. The Hall–Kier alpha value is -1.36. The highest BCUT2D eigenvalue weighted by atomic mass is 16.5. The highest BCUT2D eigenvalue weighted by Gasteiger charge is 2.30. The van der Waals surface area contributed by atoms with Gasteiger partial charge in [0.1, 0.15) is 11.5 Å². The zero-order chi connectivity index (χ0) is 9.42. The van der Waals surface area contributed by atoms with Crippen LogP contribution in [0.2, 0.25) is 0 Å². The predicted molar refractivity (Wildman–Crippen MR) is 43.3 cm³/mol. The third-order valence-corrected chi connectivity index (χ3v) is 2.26. The van der Waals surface area contributed by atoms with Crippen LogP contribution in [0.1, 0.15) is 23.1 Å². The molecule has 70 valence electrons. The van der Waals surface area contributed by atoms with Gasteiger partial charge in [-0.1, -0.05) is 5.16 Å². The second-order valence-electron chi connectivity index (χ2n) is 3.08. The lowest BCUT2D eigenvalue weighted by Gasteiger charge is -2.18. The van der Waals surface area contributed by atoms with Crippen LogP contribution in [-0.2, 0) is 11.2 Å². The van der Waals surface area contributed by atoms with Gasteiger partial charge in [0, 0.05) is 12.1 Å². The first kappa shape index (κ1) is 8.25. The van der Waals surface area contributed by atoms with Crippen molar-refractivity contribution in [3.05, 3.63) is 17.0 Å². The van der Waals surface area contributed by atoms with Crippen LogP contribution >= 0.6 is 0 Å². The molecule has 0 saturated carbocycles. The van der Waals surface area contributed by atoms with Crippen molar-refractivity contribution in [3.8, 4) is 0 Å². The Morgan fingerprint density at radius 3 is 3.23 bits per heavy atom. The van der Waals surface area contributed by atoms with Gasteiger partial charge >= 0.3 is 5.97 Å². The zero-order valence-electron chi connectivity index (χ0n) is 7.20. The van der Waals surface area contributed by atoms with Crippen molar-refractivity contribution in [1.82, 2.24) is 10.5 Å². The summed E-state index contributed by atoms with van der Waals surface area (Å²) < 4.78 is 4.94. The van der Waals surface area contributed by atoms with E-state index in [0.29, 0.717) is 12.2 Å². The van der Waals surface area contributed by atoms with Gasteiger partial charge < -0.3 is 9.63 Å². The third kappa shape index (κ3) is 1.21. The molecule has 1 aromatic heterocycles. The van der Waals surface area contributed by atoms with E-state index in [1.807, 2.05) is 0 Å². The molecule has 5 heteroatoms. The summed E-state index contributed by atoms with van der Waals surface area (Å²) in [6.07, 6.45) is 0.786. The molecule has 1 aromatic rings. The number of carboxylic acids is 1. The first-order valence-electron chi connectivity index (χ1n) is 4.11. The van der Waals surface area contributed by atoms with Crippen molar-refractivity contribution in [2.24, 2.45) is 0 Å². The summed E-state index contributed by atoms with van der Waals surface area (Å²) in [6.45, 7) is 2.46. The van der Waals surface area contributed by atoms with Crippen LogP contribution in [0.25, 0.3) is 0 Å². The van der Waals surface area contributed by atoms with Gasteiger partial charge in [0.05, 0.1) is 0 Å². The molecule has 0 aliphatic carbocycles. The second-order valence-corrected chi connectivity index (χ2v) is 3.08. The Balaban J connectivity index is 2.43. The topological polar surface area (TPSA) is 75.4 Å². The van der Waals surface area contributed by atoms with Crippen LogP contribution in [0, 0.1) is 6.92 Å². The van der Waals surface area contributed by atoms with Crippen LogP contribution in [0.4, 0.5) is 0 Å². The lowest BCUT2D eigenvalue weighted by atomic mass is 10.0. The van der Waals surface area contributed by atoms with E-state index in [0.717, 1.165) is 17.7 Å². The van der Waals surface area contributed by atoms with Gasteiger partial charge in [-0.05, 0) is 13.3 Å². The van der Waals surface area contributed by atoms with Crippen LogP contribution in [-0.4, -0.2) is 22.8 Å². The Bertz CT molecular complexity index is 345. The maximum atomic E-state index is 10.8. The fraction of sp³-hybridized carbons (Fsp3) is 0.500. The van der Waals surface area contributed by atoms with Crippen molar-refractivity contribution in [2.45, 2.75) is 19.4 Å². The van der Waals surface area contributed by atoms with Crippen molar-refractivity contribution in [1.29, 1.82) is 0 Å². The van der Waals surface area contributed by atoms with E-state index < -0.39 is 12.0 Å². The minimum Gasteiger partial charge on any atom is -0.480 e. The first-order chi connectivity index (χ1) is 6.20. The number of fused-ring (bicyclic) bond motifs is 1. The lowest BCUT2D eigenvalue weighted by Crippen LogP contribution is -2.35. The molecule has 0 aromatic carbocycles. The lowest BCUT2D eigenvalue weighted by molar-refractivity contribution is -0.140. The number of carboxylic acid groups (broad SMARTS) is 1. The maximum Gasteiger partial charge on any atom is 0.327 e. The number of hydrogen-bond acceptors (Lipinski definition) is 4. The quantitative estimate of drug-likeness (QED) is 0.651. The summed E-state index contributed by atoms with van der Waals surface area (Å²) in [5.74, 6) is -0.183. The second kappa shape index (κ2) is 2.85. The highest BCUT2D eigenvalue weighted by molar-refractivity contribution is 5.75. The monoisotopic (exact) mass is 182 g/mol. The van der Waals surface area contributed by atoms with Crippen LogP contribution in [0.5, 0.6) is 0 Å². The van der Waals surface area contributed by atoms with Crippen LogP contribution in [0.3, 0.4) is 0 Å².